The number of hydrogen-bond donors (Lipinski definition) is 1. The largest absolute Gasteiger partial charge is 0.494 e. The van der Waals surface area contributed by atoms with Crippen LogP contribution in [0.5, 0.6) is 5.75 Å². The van der Waals surface area contributed by atoms with Gasteiger partial charge in [0.1, 0.15) is 11.8 Å². The third-order valence-corrected chi connectivity index (χ3v) is 7.52. The van der Waals surface area contributed by atoms with E-state index < -0.39 is 12.0 Å². The minimum Gasteiger partial charge on any atom is -0.494 e. The molecule has 9 nitrogen and oxygen atoms in total. The van der Waals surface area contributed by atoms with E-state index in [-0.39, 0.29) is 24.8 Å². The predicted octanol–water partition coefficient (Wildman–Crippen LogP) is 4.47. The first-order valence-corrected chi connectivity index (χ1v) is 14.5. The Hall–Kier alpha value is -3.50. The summed E-state index contributed by atoms with van der Waals surface area (Å²) in [6.07, 6.45) is 4.50. The average molecular weight is 567 g/mol. The van der Waals surface area contributed by atoms with Crippen LogP contribution in [0.1, 0.15) is 56.3 Å². The van der Waals surface area contributed by atoms with Crippen LogP contribution in [0.15, 0.2) is 48.5 Å². The molecule has 214 valence electrons. The van der Waals surface area contributed by atoms with Crippen molar-refractivity contribution in [2.24, 2.45) is 0 Å². The van der Waals surface area contributed by atoms with Gasteiger partial charge >= 0.3 is 5.97 Å². The van der Waals surface area contributed by atoms with Gasteiger partial charge in [-0.3, -0.25) is 14.5 Å². The molecule has 2 aromatic carbocycles. The third kappa shape index (κ3) is 7.37. The minimum atomic E-state index is -0.721. The molecule has 2 saturated heterocycles. The summed E-state index contributed by atoms with van der Waals surface area (Å²) >= 11 is 5.80. The van der Waals surface area contributed by atoms with Crippen LogP contribution in [0, 0.1) is 0 Å². The van der Waals surface area contributed by atoms with E-state index in [0.717, 1.165) is 31.8 Å². The van der Waals surface area contributed by atoms with E-state index in [1.54, 1.807) is 55.5 Å². The predicted molar refractivity (Wildman–Crippen MR) is 159 cm³/mol. The highest BCUT2D eigenvalue weighted by molar-refractivity contribution is 7.80. The summed E-state index contributed by atoms with van der Waals surface area (Å²) in [6, 6.07) is 13.0. The van der Waals surface area contributed by atoms with Crippen molar-refractivity contribution in [3.8, 4) is 5.75 Å². The van der Waals surface area contributed by atoms with Crippen LogP contribution in [-0.4, -0.2) is 78.1 Å². The molecule has 0 saturated carbocycles. The van der Waals surface area contributed by atoms with Gasteiger partial charge in [0.15, 0.2) is 5.11 Å². The van der Waals surface area contributed by atoms with Crippen molar-refractivity contribution in [1.29, 1.82) is 0 Å². The van der Waals surface area contributed by atoms with Crippen molar-refractivity contribution in [3.63, 3.8) is 0 Å². The molecule has 0 radical (unpaired) electrons. The molecule has 0 aliphatic carbocycles. The maximum atomic E-state index is 13.7. The Labute approximate surface area is 241 Å². The number of carbonyl (C=O) groups is 3. The van der Waals surface area contributed by atoms with Gasteiger partial charge in [-0.15, -0.1) is 0 Å². The number of benzene rings is 2. The first kappa shape index (κ1) is 29.5. The molecule has 40 heavy (non-hydrogen) atoms. The molecular weight excluding hydrogens is 528 g/mol. The van der Waals surface area contributed by atoms with E-state index in [9.17, 15) is 14.4 Å². The monoisotopic (exact) mass is 566 g/mol. The summed E-state index contributed by atoms with van der Waals surface area (Å²) in [5, 5.41) is 3.26. The number of nitrogens with zero attached hydrogens (tertiary/aromatic N) is 3. The highest BCUT2D eigenvalue weighted by Crippen LogP contribution is 2.28. The quantitative estimate of drug-likeness (QED) is 0.297. The molecule has 1 atom stereocenters. The molecule has 1 N–H and O–H groups in total. The molecule has 2 fully saturated rings. The number of amides is 2. The number of piperidine rings is 1. The Kier molecular flexibility index (Phi) is 10.5. The number of likely N-dealkylation sites (tertiary alicyclic amines) is 1. The molecule has 2 aromatic rings. The molecule has 0 spiro atoms. The molecule has 4 rings (SSSR count). The zero-order valence-electron chi connectivity index (χ0n) is 23.3. The highest BCUT2D eigenvalue weighted by atomic mass is 32.1. The molecule has 0 bridgehead atoms. The minimum absolute atomic E-state index is 0.0344. The first-order chi connectivity index (χ1) is 19.4. The van der Waals surface area contributed by atoms with Crippen molar-refractivity contribution in [1.82, 2.24) is 9.80 Å². The molecule has 0 aromatic heterocycles. The van der Waals surface area contributed by atoms with Gasteiger partial charge in [-0.2, -0.15) is 0 Å². The molecule has 0 unspecified atom stereocenters. The van der Waals surface area contributed by atoms with Gasteiger partial charge in [-0.1, -0.05) is 6.42 Å². The van der Waals surface area contributed by atoms with Crippen molar-refractivity contribution in [2.45, 2.75) is 52.0 Å². The van der Waals surface area contributed by atoms with Gasteiger partial charge in [0.2, 0.25) is 5.91 Å². The fraction of sp³-hybridized carbons (Fsp3) is 0.467. The molecule has 2 amide bonds. The van der Waals surface area contributed by atoms with Crippen LogP contribution in [0.3, 0.4) is 0 Å². The number of thiocarbonyl (C=S) groups is 1. The normalized spacial score (nSPS) is 17.7. The maximum absolute atomic E-state index is 13.7. The van der Waals surface area contributed by atoms with Gasteiger partial charge in [-0.05, 0) is 113 Å². The van der Waals surface area contributed by atoms with E-state index >= 15 is 0 Å². The van der Waals surface area contributed by atoms with Crippen LogP contribution in [-0.2, 0) is 14.3 Å². The fourth-order valence-corrected chi connectivity index (χ4v) is 5.54. The van der Waals surface area contributed by atoms with E-state index in [4.69, 9.17) is 21.7 Å². The zero-order chi connectivity index (χ0) is 28.5. The summed E-state index contributed by atoms with van der Waals surface area (Å²) in [5.41, 5.74) is 1.58. The highest BCUT2D eigenvalue weighted by Gasteiger charge is 2.44. The van der Waals surface area contributed by atoms with E-state index in [2.05, 4.69) is 10.2 Å². The van der Waals surface area contributed by atoms with Crippen LogP contribution in [0.2, 0.25) is 0 Å². The number of hydrogen-bond acceptors (Lipinski definition) is 7. The third-order valence-electron chi connectivity index (χ3n) is 7.11. The number of esters is 1. The van der Waals surface area contributed by atoms with Crippen molar-refractivity contribution in [3.05, 3.63) is 54.1 Å². The number of nitrogens with one attached hydrogen (secondary N) is 1. The second-order valence-corrected chi connectivity index (χ2v) is 10.3. The summed E-state index contributed by atoms with van der Waals surface area (Å²) in [7, 11) is 0. The Bertz CT molecular complexity index is 1180. The van der Waals surface area contributed by atoms with Crippen LogP contribution < -0.4 is 15.0 Å². The van der Waals surface area contributed by atoms with Crippen molar-refractivity contribution in [2.75, 3.05) is 49.6 Å². The zero-order valence-corrected chi connectivity index (χ0v) is 24.1. The Balaban J connectivity index is 1.48. The molecule has 2 heterocycles. The van der Waals surface area contributed by atoms with Crippen molar-refractivity contribution >= 4 is 46.5 Å². The summed E-state index contributed by atoms with van der Waals surface area (Å²) in [6.45, 7) is 8.18. The lowest BCUT2D eigenvalue weighted by Crippen LogP contribution is -2.40. The molecular formula is C30H38N4O5S. The first-order valence-electron chi connectivity index (χ1n) is 14.1. The Morgan fingerprint density at radius 1 is 0.950 bits per heavy atom. The number of anilines is 2. The van der Waals surface area contributed by atoms with Gasteiger partial charge < -0.3 is 24.6 Å². The second-order valence-electron chi connectivity index (χ2n) is 9.90. The Morgan fingerprint density at radius 3 is 2.30 bits per heavy atom. The number of ether oxygens (including phenoxy) is 2. The maximum Gasteiger partial charge on any atom is 0.338 e. The van der Waals surface area contributed by atoms with Gasteiger partial charge in [0.25, 0.3) is 5.91 Å². The Morgan fingerprint density at radius 2 is 1.65 bits per heavy atom. The summed E-state index contributed by atoms with van der Waals surface area (Å²) in [4.78, 5) is 44.7. The van der Waals surface area contributed by atoms with Crippen molar-refractivity contribution < 1.29 is 23.9 Å². The smallest absolute Gasteiger partial charge is 0.338 e. The molecule has 2 aliphatic heterocycles. The lowest BCUT2D eigenvalue weighted by atomic mass is 10.1. The average Bonchev–Trinajstić information content (AvgIpc) is 3.19. The summed E-state index contributed by atoms with van der Waals surface area (Å²) in [5.74, 6) is -0.228. The molecule has 2 aliphatic rings. The second kappa shape index (κ2) is 14.2. The van der Waals surface area contributed by atoms with E-state index in [1.807, 2.05) is 11.8 Å². The standard InChI is InChI=1S/C30H38N4O5S/c1-3-38-25-15-11-23(12-16-25)31-27(35)21-26-28(36)34(24-13-9-22(10-14-24)29(37)39-4-2)30(40)33(26)20-8-19-32-17-6-5-7-18-32/h9-16,26H,3-8,17-21H2,1-2H3,(H,31,35)/t26-/m1/s1. The van der Waals surface area contributed by atoms with Crippen LogP contribution in [0.4, 0.5) is 11.4 Å². The SMILES string of the molecule is CCOC(=O)c1ccc(N2C(=O)[C@@H](CC(=O)Nc3ccc(OCC)cc3)N(CCCN3CCCCC3)C2=S)cc1. The van der Waals surface area contributed by atoms with Crippen LogP contribution >= 0.6 is 12.2 Å². The van der Waals surface area contributed by atoms with Gasteiger partial charge in [0, 0.05) is 12.2 Å². The van der Waals surface area contributed by atoms with E-state index in [0.29, 0.717) is 35.2 Å². The van der Waals surface area contributed by atoms with E-state index in [1.165, 1.54) is 24.2 Å². The summed E-state index contributed by atoms with van der Waals surface area (Å²) < 4.78 is 10.5. The lowest BCUT2D eigenvalue weighted by Gasteiger charge is -2.28. The topological polar surface area (TPSA) is 91.4 Å². The number of rotatable bonds is 12. The number of carbonyl (C=O) groups excluding carboxylic acids is 3. The molecule has 10 heteroatoms. The fourth-order valence-electron chi connectivity index (χ4n) is 5.12. The van der Waals surface area contributed by atoms with Gasteiger partial charge in [-0.25, -0.2) is 4.79 Å². The lowest BCUT2D eigenvalue weighted by molar-refractivity contribution is -0.124. The van der Waals surface area contributed by atoms with Gasteiger partial charge in [0.05, 0.1) is 30.9 Å². The van der Waals surface area contributed by atoms with Crippen LogP contribution in [0.25, 0.3) is 0 Å².